The van der Waals surface area contributed by atoms with Gasteiger partial charge in [0.05, 0.1) is 5.92 Å². The van der Waals surface area contributed by atoms with Gasteiger partial charge in [-0.1, -0.05) is 6.42 Å². The number of piperidine rings is 1. The molecule has 0 bridgehead atoms. The van der Waals surface area contributed by atoms with Gasteiger partial charge in [0.1, 0.15) is 5.75 Å². The number of carboxylic acid groups (broad SMARTS) is 1. The van der Waals surface area contributed by atoms with Crippen molar-refractivity contribution in [1.29, 1.82) is 0 Å². The number of carbonyl (C=O) groups is 2. The molecule has 1 N–H and O–H groups in total. The second-order valence-electron chi connectivity index (χ2n) is 7.95. The fourth-order valence-corrected chi connectivity index (χ4v) is 4.60. The second-order valence-corrected chi connectivity index (χ2v) is 7.95. The molecule has 1 amide bonds. The number of nitrogens with zero attached hydrogens (tertiary/aromatic N) is 1. The number of aliphatic carboxylic acids is 1. The average molecular weight is 399 g/mol. The molecule has 3 rings (SSSR count). The highest BCUT2D eigenvalue weighted by Crippen LogP contribution is 2.56. The maximum absolute atomic E-state index is 13.4. The highest BCUT2D eigenvalue weighted by molar-refractivity contribution is 5.95. The third-order valence-corrected chi connectivity index (χ3v) is 6.01. The Balaban J connectivity index is 1.78. The molecular formula is C20H24F3NO4. The number of alkyl halides is 3. The number of hydrogen-bond acceptors (Lipinski definition) is 3. The Morgan fingerprint density at radius 3 is 2.32 bits per heavy atom. The summed E-state index contributed by atoms with van der Waals surface area (Å²) in [6.07, 6.45) is -2.52. The van der Waals surface area contributed by atoms with E-state index in [2.05, 4.69) is 0 Å². The molecule has 2 fully saturated rings. The number of rotatable bonds is 4. The number of hydrogen-bond donors (Lipinski definition) is 1. The van der Waals surface area contributed by atoms with Crippen molar-refractivity contribution in [3.05, 3.63) is 28.8 Å². The van der Waals surface area contributed by atoms with Crippen LogP contribution in [0.2, 0.25) is 0 Å². The van der Waals surface area contributed by atoms with Crippen LogP contribution < -0.4 is 4.74 Å². The number of carbonyl (C=O) groups excluding carboxylic acids is 1. The standard InChI is InChI=1S/C20H24F3NO4/c1-12-8-14(9-13(2)17(12)28-10-16(25)26)18(27)24-7-4-15(20(21,22)23)19(11-24)5-3-6-19/h8-9,15H,3-7,10-11H2,1-2H3,(H,25,26). The van der Waals surface area contributed by atoms with E-state index in [0.29, 0.717) is 35.3 Å². The monoisotopic (exact) mass is 399 g/mol. The van der Waals surface area contributed by atoms with Gasteiger partial charge in [-0.25, -0.2) is 4.79 Å². The normalized spacial score (nSPS) is 21.3. The molecule has 0 radical (unpaired) electrons. The van der Waals surface area contributed by atoms with Gasteiger partial charge in [0, 0.05) is 18.7 Å². The lowest BCUT2D eigenvalue weighted by molar-refractivity contribution is -0.235. The first-order valence-electron chi connectivity index (χ1n) is 9.35. The SMILES string of the molecule is Cc1cc(C(=O)N2CCC(C(F)(F)F)C3(CCC3)C2)cc(C)c1OCC(=O)O. The molecule has 1 spiro atoms. The van der Waals surface area contributed by atoms with Crippen LogP contribution in [0.25, 0.3) is 0 Å². The van der Waals surface area contributed by atoms with Gasteiger partial charge in [-0.05, 0) is 61.8 Å². The Morgan fingerprint density at radius 1 is 1.25 bits per heavy atom. The molecule has 1 saturated carbocycles. The summed E-state index contributed by atoms with van der Waals surface area (Å²) in [7, 11) is 0. The van der Waals surface area contributed by atoms with Crippen LogP contribution in [0, 0.1) is 25.2 Å². The third kappa shape index (κ3) is 3.82. The fraction of sp³-hybridized carbons (Fsp3) is 0.600. The van der Waals surface area contributed by atoms with Crippen molar-refractivity contribution in [2.24, 2.45) is 11.3 Å². The number of amides is 1. The molecule has 1 heterocycles. The summed E-state index contributed by atoms with van der Waals surface area (Å²) in [6, 6.07) is 3.21. The maximum Gasteiger partial charge on any atom is 0.392 e. The predicted molar refractivity (Wildman–Crippen MR) is 95.4 cm³/mol. The van der Waals surface area contributed by atoms with Crippen LogP contribution in [0.4, 0.5) is 13.2 Å². The highest BCUT2D eigenvalue weighted by atomic mass is 19.4. The molecule has 1 atom stereocenters. The Bertz CT molecular complexity index is 763. The molecule has 154 valence electrons. The van der Waals surface area contributed by atoms with Crippen molar-refractivity contribution in [2.45, 2.75) is 45.7 Å². The molecule has 1 aromatic carbocycles. The Morgan fingerprint density at radius 2 is 1.86 bits per heavy atom. The predicted octanol–water partition coefficient (Wildman–Crippen LogP) is 3.96. The van der Waals surface area contributed by atoms with E-state index >= 15 is 0 Å². The first kappa shape index (κ1) is 20.5. The van der Waals surface area contributed by atoms with Gasteiger partial charge in [0.25, 0.3) is 5.91 Å². The summed E-state index contributed by atoms with van der Waals surface area (Å²) in [5.74, 6) is -2.32. The van der Waals surface area contributed by atoms with E-state index in [1.54, 1.807) is 26.0 Å². The molecule has 1 aliphatic heterocycles. The number of likely N-dealkylation sites (tertiary alicyclic amines) is 1. The summed E-state index contributed by atoms with van der Waals surface area (Å²) in [6.45, 7) is 3.16. The third-order valence-electron chi connectivity index (χ3n) is 6.01. The van der Waals surface area contributed by atoms with E-state index in [0.717, 1.165) is 6.42 Å². The molecule has 2 aliphatic rings. The zero-order valence-corrected chi connectivity index (χ0v) is 15.9. The van der Waals surface area contributed by atoms with Gasteiger partial charge in [0.2, 0.25) is 0 Å². The minimum atomic E-state index is -4.23. The lowest BCUT2D eigenvalue weighted by Crippen LogP contribution is -2.57. The first-order chi connectivity index (χ1) is 13.0. The lowest BCUT2D eigenvalue weighted by Gasteiger charge is -2.54. The lowest BCUT2D eigenvalue weighted by atomic mass is 9.58. The summed E-state index contributed by atoms with van der Waals surface area (Å²) < 4.78 is 45.6. The number of aryl methyl sites for hydroxylation is 2. The summed E-state index contributed by atoms with van der Waals surface area (Å²) >= 11 is 0. The van der Waals surface area contributed by atoms with E-state index in [9.17, 15) is 22.8 Å². The Labute approximate surface area is 161 Å². The zero-order chi connectivity index (χ0) is 20.7. The number of ether oxygens (including phenoxy) is 1. The summed E-state index contributed by atoms with van der Waals surface area (Å²) in [5, 5.41) is 8.76. The highest BCUT2D eigenvalue weighted by Gasteiger charge is 2.58. The summed E-state index contributed by atoms with van der Waals surface area (Å²) in [4.78, 5) is 25.2. The number of benzene rings is 1. The topological polar surface area (TPSA) is 66.8 Å². The number of halogens is 3. The number of carboxylic acids is 1. The average Bonchev–Trinajstić information content (AvgIpc) is 2.57. The molecule has 5 nitrogen and oxygen atoms in total. The van der Waals surface area contributed by atoms with Crippen LogP contribution in [0.15, 0.2) is 12.1 Å². The smallest absolute Gasteiger partial charge is 0.392 e. The van der Waals surface area contributed by atoms with Crippen LogP contribution >= 0.6 is 0 Å². The largest absolute Gasteiger partial charge is 0.481 e. The van der Waals surface area contributed by atoms with Gasteiger partial charge in [-0.2, -0.15) is 13.2 Å². The Hall–Kier alpha value is -2.25. The van der Waals surface area contributed by atoms with E-state index in [1.807, 2.05) is 0 Å². The molecule has 28 heavy (non-hydrogen) atoms. The molecular weight excluding hydrogens is 375 g/mol. The molecule has 1 aromatic rings. The van der Waals surface area contributed by atoms with Gasteiger partial charge >= 0.3 is 12.1 Å². The van der Waals surface area contributed by atoms with Crippen LogP contribution in [0.5, 0.6) is 5.75 Å². The minimum Gasteiger partial charge on any atom is -0.481 e. The molecule has 1 saturated heterocycles. The van der Waals surface area contributed by atoms with E-state index in [-0.39, 0.29) is 25.4 Å². The van der Waals surface area contributed by atoms with Crippen molar-refractivity contribution in [1.82, 2.24) is 4.90 Å². The van der Waals surface area contributed by atoms with Crippen LogP contribution in [0.3, 0.4) is 0 Å². The van der Waals surface area contributed by atoms with Crippen LogP contribution in [0.1, 0.15) is 47.2 Å². The van der Waals surface area contributed by atoms with E-state index < -0.39 is 30.1 Å². The van der Waals surface area contributed by atoms with E-state index in [1.165, 1.54) is 4.90 Å². The van der Waals surface area contributed by atoms with Crippen LogP contribution in [-0.2, 0) is 4.79 Å². The van der Waals surface area contributed by atoms with Crippen molar-refractivity contribution >= 4 is 11.9 Å². The van der Waals surface area contributed by atoms with Gasteiger partial charge in [0.15, 0.2) is 6.61 Å². The Kier molecular flexibility index (Phi) is 5.34. The quantitative estimate of drug-likeness (QED) is 0.832. The zero-order valence-electron chi connectivity index (χ0n) is 15.9. The second kappa shape index (κ2) is 7.29. The van der Waals surface area contributed by atoms with Crippen molar-refractivity contribution in [3.8, 4) is 5.75 Å². The van der Waals surface area contributed by atoms with Crippen molar-refractivity contribution in [2.75, 3.05) is 19.7 Å². The maximum atomic E-state index is 13.4. The first-order valence-corrected chi connectivity index (χ1v) is 9.35. The van der Waals surface area contributed by atoms with E-state index in [4.69, 9.17) is 9.84 Å². The van der Waals surface area contributed by atoms with Crippen LogP contribution in [-0.4, -0.2) is 47.8 Å². The fourth-order valence-electron chi connectivity index (χ4n) is 4.60. The van der Waals surface area contributed by atoms with Gasteiger partial charge < -0.3 is 14.7 Å². The molecule has 0 aromatic heterocycles. The van der Waals surface area contributed by atoms with Crippen molar-refractivity contribution in [3.63, 3.8) is 0 Å². The minimum absolute atomic E-state index is 0.0625. The van der Waals surface area contributed by atoms with Gasteiger partial charge in [-0.15, -0.1) is 0 Å². The molecule has 1 unspecified atom stereocenters. The van der Waals surface area contributed by atoms with Gasteiger partial charge in [-0.3, -0.25) is 4.79 Å². The summed E-state index contributed by atoms with van der Waals surface area (Å²) in [5.41, 5.74) is 0.778. The molecule has 1 aliphatic carbocycles. The molecule has 8 heteroatoms. The van der Waals surface area contributed by atoms with Crippen molar-refractivity contribution < 1.29 is 32.6 Å².